The Bertz CT molecular complexity index is 607. The zero-order valence-electron chi connectivity index (χ0n) is 11.6. The second-order valence-electron chi connectivity index (χ2n) is 4.38. The number of hydrogen-bond donors (Lipinski definition) is 0. The summed E-state index contributed by atoms with van der Waals surface area (Å²) in [6.07, 6.45) is 7.94. The maximum Gasteiger partial charge on any atom is 0.159 e. The number of nitrogens with zero attached hydrogens (tertiary/aromatic N) is 2. The van der Waals surface area contributed by atoms with E-state index < -0.39 is 0 Å². The van der Waals surface area contributed by atoms with E-state index in [-0.39, 0.29) is 0 Å². The van der Waals surface area contributed by atoms with Crippen molar-refractivity contribution >= 4 is 5.57 Å². The molecule has 96 valence electrons. The van der Waals surface area contributed by atoms with Crippen molar-refractivity contribution in [2.75, 3.05) is 0 Å². The molecule has 0 bridgehead atoms. The molecule has 2 heteroatoms. The van der Waals surface area contributed by atoms with Crippen LogP contribution >= 0.6 is 0 Å². The maximum atomic E-state index is 4.63. The van der Waals surface area contributed by atoms with E-state index in [1.807, 2.05) is 32.2 Å². The molecular weight excluding hydrogens is 232 g/mol. The summed E-state index contributed by atoms with van der Waals surface area (Å²) in [5.74, 6) is 0.765. The van der Waals surface area contributed by atoms with Crippen LogP contribution in [0.25, 0.3) is 17.0 Å². The van der Waals surface area contributed by atoms with Crippen LogP contribution in [0.3, 0.4) is 0 Å². The summed E-state index contributed by atoms with van der Waals surface area (Å²) in [7, 11) is 0. The molecule has 2 rings (SSSR count). The van der Waals surface area contributed by atoms with Crippen molar-refractivity contribution in [3.63, 3.8) is 0 Å². The first-order chi connectivity index (χ1) is 9.24. The molecule has 0 spiro atoms. The zero-order chi connectivity index (χ0) is 13.7. The first-order valence-electron chi connectivity index (χ1n) is 6.44. The average molecular weight is 250 g/mol. The van der Waals surface area contributed by atoms with Gasteiger partial charge in [-0.05, 0) is 32.4 Å². The van der Waals surface area contributed by atoms with Gasteiger partial charge >= 0.3 is 0 Å². The summed E-state index contributed by atoms with van der Waals surface area (Å²) in [6, 6.07) is 10.2. The number of allylic oxidation sites excluding steroid dienone is 4. The Kier molecular flexibility index (Phi) is 4.24. The van der Waals surface area contributed by atoms with Gasteiger partial charge in [-0.15, -0.1) is 0 Å². The van der Waals surface area contributed by atoms with E-state index in [0.29, 0.717) is 0 Å². The second-order valence-corrected chi connectivity index (χ2v) is 4.38. The van der Waals surface area contributed by atoms with E-state index in [1.54, 1.807) is 0 Å². The van der Waals surface area contributed by atoms with Crippen LogP contribution < -0.4 is 0 Å². The number of rotatable bonds is 3. The fraction of sp³-hybridized carbons (Fsp3) is 0.176. The summed E-state index contributed by atoms with van der Waals surface area (Å²) in [5.41, 5.74) is 4.34. The highest BCUT2D eigenvalue weighted by molar-refractivity contribution is 5.72. The van der Waals surface area contributed by atoms with Crippen molar-refractivity contribution in [1.82, 2.24) is 9.97 Å². The minimum Gasteiger partial charge on any atom is -0.237 e. The smallest absolute Gasteiger partial charge is 0.159 e. The van der Waals surface area contributed by atoms with Crippen LogP contribution in [-0.2, 0) is 0 Å². The van der Waals surface area contributed by atoms with Crippen molar-refractivity contribution in [2.45, 2.75) is 20.8 Å². The van der Waals surface area contributed by atoms with Gasteiger partial charge < -0.3 is 0 Å². The molecule has 0 fully saturated rings. The van der Waals surface area contributed by atoms with Gasteiger partial charge in [-0.25, -0.2) is 9.97 Å². The summed E-state index contributed by atoms with van der Waals surface area (Å²) in [4.78, 5) is 8.99. The Balaban J connectivity index is 2.42. The van der Waals surface area contributed by atoms with Gasteiger partial charge in [-0.1, -0.05) is 48.1 Å². The average Bonchev–Trinajstić information content (AvgIpc) is 2.45. The standard InChI is InChI=1S/C17H18N2/c1-4-6-14(5-2)16-11-12-18-17(19-16)15-9-7-13(3)8-10-15/h4-12H,1-3H3/b6-4-,14-5+. The lowest BCUT2D eigenvalue weighted by molar-refractivity contribution is 1.15. The zero-order valence-corrected chi connectivity index (χ0v) is 11.6. The van der Waals surface area contributed by atoms with E-state index in [4.69, 9.17) is 0 Å². The van der Waals surface area contributed by atoms with Gasteiger partial charge in [0.1, 0.15) is 0 Å². The predicted octanol–water partition coefficient (Wildman–Crippen LogP) is 4.43. The van der Waals surface area contributed by atoms with E-state index >= 15 is 0 Å². The molecule has 0 unspecified atom stereocenters. The molecule has 2 aromatic rings. The lowest BCUT2D eigenvalue weighted by Crippen LogP contribution is -1.93. The van der Waals surface area contributed by atoms with Crippen molar-refractivity contribution in [1.29, 1.82) is 0 Å². The van der Waals surface area contributed by atoms with Crippen LogP contribution in [0, 0.1) is 6.92 Å². The largest absolute Gasteiger partial charge is 0.237 e. The SMILES string of the molecule is C/C=C\C(=C/C)c1ccnc(-c2ccc(C)cc2)n1. The quantitative estimate of drug-likeness (QED) is 0.753. The molecule has 0 saturated carbocycles. The van der Waals surface area contributed by atoms with E-state index in [9.17, 15) is 0 Å². The molecule has 0 atom stereocenters. The van der Waals surface area contributed by atoms with Crippen LogP contribution in [0.4, 0.5) is 0 Å². The molecule has 2 nitrogen and oxygen atoms in total. The molecule has 0 saturated heterocycles. The first kappa shape index (κ1) is 13.2. The number of aryl methyl sites for hydroxylation is 1. The summed E-state index contributed by atoms with van der Waals surface area (Å²) < 4.78 is 0. The highest BCUT2D eigenvalue weighted by Gasteiger charge is 2.04. The van der Waals surface area contributed by atoms with E-state index in [0.717, 1.165) is 22.7 Å². The fourth-order valence-corrected chi connectivity index (χ4v) is 1.87. The molecule has 1 aromatic carbocycles. The minimum atomic E-state index is 0.765. The maximum absolute atomic E-state index is 4.63. The number of aromatic nitrogens is 2. The minimum absolute atomic E-state index is 0.765. The Hall–Kier alpha value is -2.22. The van der Waals surface area contributed by atoms with Crippen molar-refractivity contribution < 1.29 is 0 Å². The van der Waals surface area contributed by atoms with Crippen molar-refractivity contribution in [3.8, 4) is 11.4 Å². The molecule has 19 heavy (non-hydrogen) atoms. The lowest BCUT2D eigenvalue weighted by Gasteiger charge is -2.05. The first-order valence-corrected chi connectivity index (χ1v) is 6.44. The van der Waals surface area contributed by atoms with E-state index in [1.165, 1.54) is 5.56 Å². The Morgan fingerprint density at radius 1 is 1.05 bits per heavy atom. The Labute approximate surface area is 114 Å². The lowest BCUT2D eigenvalue weighted by atomic mass is 10.1. The highest BCUT2D eigenvalue weighted by Crippen LogP contribution is 2.19. The van der Waals surface area contributed by atoms with Crippen LogP contribution in [0.1, 0.15) is 25.1 Å². The summed E-state index contributed by atoms with van der Waals surface area (Å²) in [6.45, 7) is 6.10. The predicted molar refractivity (Wildman–Crippen MR) is 80.7 cm³/mol. The third-order valence-corrected chi connectivity index (χ3v) is 2.92. The van der Waals surface area contributed by atoms with Gasteiger partial charge in [0.2, 0.25) is 0 Å². The second kappa shape index (κ2) is 6.10. The van der Waals surface area contributed by atoms with Gasteiger partial charge in [-0.2, -0.15) is 0 Å². The normalized spacial score (nSPS) is 12.1. The molecule has 0 aliphatic heterocycles. The van der Waals surface area contributed by atoms with Gasteiger partial charge in [0.15, 0.2) is 5.82 Å². The van der Waals surface area contributed by atoms with E-state index in [2.05, 4.69) is 53.3 Å². The van der Waals surface area contributed by atoms with Gasteiger partial charge in [0.05, 0.1) is 5.69 Å². The van der Waals surface area contributed by atoms with Gasteiger partial charge in [0.25, 0.3) is 0 Å². The van der Waals surface area contributed by atoms with Crippen LogP contribution in [0.2, 0.25) is 0 Å². The molecule has 0 amide bonds. The van der Waals surface area contributed by atoms with Crippen molar-refractivity contribution in [2.24, 2.45) is 0 Å². The Morgan fingerprint density at radius 3 is 2.42 bits per heavy atom. The van der Waals surface area contributed by atoms with Gasteiger partial charge in [0, 0.05) is 11.8 Å². The molecule has 0 radical (unpaired) electrons. The third kappa shape index (κ3) is 3.16. The highest BCUT2D eigenvalue weighted by atomic mass is 14.9. The van der Waals surface area contributed by atoms with Gasteiger partial charge in [-0.3, -0.25) is 0 Å². The van der Waals surface area contributed by atoms with Crippen LogP contribution in [0.5, 0.6) is 0 Å². The molecule has 0 aliphatic carbocycles. The molecule has 1 heterocycles. The number of benzene rings is 1. The Morgan fingerprint density at radius 2 is 1.79 bits per heavy atom. The molecule has 0 aliphatic rings. The van der Waals surface area contributed by atoms with Crippen molar-refractivity contribution in [3.05, 3.63) is 66.0 Å². The monoisotopic (exact) mass is 250 g/mol. The summed E-state index contributed by atoms with van der Waals surface area (Å²) >= 11 is 0. The van der Waals surface area contributed by atoms with Crippen LogP contribution in [-0.4, -0.2) is 9.97 Å². The third-order valence-electron chi connectivity index (χ3n) is 2.92. The summed E-state index contributed by atoms with van der Waals surface area (Å²) in [5, 5.41) is 0. The topological polar surface area (TPSA) is 25.8 Å². The fourth-order valence-electron chi connectivity index (χ4n) is 1.87. The molecule has 1 aromatic heterocycles. The van der Waals surface area contributed by atoms with Crippen LogP contribution in [0.15, 0.2) is 54.8 Å². The molecule has 0 N–H and O–H groups in total. The molecular formula is C17H18N2. The number of hydrogen-bond acceptors (Lipinski definition) is 2.